The molecule has 4 aromatic rings. The fraction of sp³-hybridized carbons (Fsp3) is 0.190. The maximum atomic E-state index is 4.54. The highest BCUT2D eigenvalue weighted by Gasteiger charge is 2.11. The van der Waals surface area contributed by atoms with E-state index in [1.807, 2.05) is 29.1 Å². The number of hydrogen-bond donors (Lipinski definition) is 0. The molecule has 0 radical (unpaired) electrons. The van der Waals surface area contributed by atoms with Gasteiger partial charge in [-0.05, 0) is 30.5 Å². The third-order valence-electron chi connectivity index (χ3n) is 4.44. The van der Waals surface area contributed by atoms with Gasteiger partial charge in [0.2, 0.25) is 0 Å². The van der Waals surface area contributed by atoms with Gasteiger partial charge in [0.1, 0.15) is 11.4 Å². The van der Waals surface area contributed by atoms with Gasteiger partial charge in [0.05, 0.1) is 18.1 Å². The van der Waals surface area contributed by atoms with Gasteiger partial charge >= 0.3 is 0 Å². The van der Waals surface area contributed by atoms with E-state index in [0.29, 0.717) is 6.54 Å². The van der Waals surface area contributed by atoms with E-state index >= 15 is 0 Å². The zero-order valence-corrected chi connectivity index (χ0v) is 15.7. The summed E-state index contributed by atoms with van der Waals surface area (Å²) < 4.78 is 1.94. The molecule has 0 amide bonds. The van der Waals surface area contributed by atoms with Crippen LogP contribution in [-0.4, -0.2) is 19.7 Å². The predicted molar refractivity (Wildman–Crippen MR) is 106 cm³/mol. The lowest BCUT2D eigenvalue weighted by Crippen LogP contribution is -2.02. The van der Waals surface area contributed by atoms with Gasteiger partial charge in [0.15, 0.2) is 5.65 Å². The Bertz CT molecular complexity index is 1040. The van der Waals surface area contributed by atoms with Crippen LogP contribution in [0, 0.1) is 13.8 Å². The van der Waals surface area contributed by atoms with Crippen LogP contribution in [0.2, 0.25) is 0 Å². The van der Waals surface area contributed by atoms with Crippen LogP contribution in [0.1, 0.15) is 22.3 Å². The molecule has 26 heavy (non-hydrogen) atoms. The molecule has 0 aliphatic carbocycles. The van der Waals surface area contributed by atoms with E-state index < -0.39 is 0 Å². The molecular weight excluding hydrogens is 340 g/mol. The van der Waals surface area contributed by atoms with E-state index in [1.54, 1.807) is 18.1 Å². The molecule has 4 rings (SSSR count). The van der Waals surface area contributed by atoms with Crippen LogP contribution < -0.4 is 0 Å². The Morgan fingerprint density at radius 3 is 2.69 bits per heavy atom. The highest BCUT2D eigenvalue weighted by Crippen LogP contribution is 2.28. The number of rotatable bonds is 5. The fourth-order valence-electron chi connectivity index (χ4n) is 2.96. The molecule has 0 aliphatic heterocycles. The first-order valence-corrected chi connectivity index (χ1v) is 9.58. The Morgan fingerprint density at radius 1 is 1.00 bits per heavy atom. The molecule has 4 nitrogen and oxygen atoms in total. The zero-order chi connectivity index (χ0) is 17.9. The Hall–Kier alpha value is -2.66. The maximum Gasteiger partial charge on any atom is 0.162 e. The summed E-state index contributed by atoms with van der Waals surface area (Å²) in [7, 11) is 0. The van der Waals surface area contributed by atoms with Crippen molar-refractivity contribution in [3.05, 3.63) is 83.3 Å². The van der Waals surface area contributed by atoms with Crippen molar-refractivity contribution in [1.82, 2.24) is 19.7 Å². The standard InChI is InChI=1S/C21H20N4S/c1-15-8-9-16(2)18(10-15)13-26-21-19-11-24-25(20(19)22-14-23-21)12-17-6-4-3-5-7-17/h3-11,14H,12-13H2,1-2H3. The van der Waals surface area contributed by atoms with Crippen LogP contribution in [0.3, 0.4) is 0 Å². The van der Waals surface area contributed by atoms with Gasteiger partial charge in [-0.25, -0.2) is 14.6 Å². The Labute approximate surface area is 157 Å². The van der Waals surface area contributed by atoms with Crippen LogP contribution >= 0.6 is 11.8 Å². The minimum absolute atomic E-state index is 0.711. The van der Waals surface area contributed by atoms with Gasteiger partial charge in [0.25, 0.3) is 0 Å². The lowest BCUT2D eigenvalue weighted by Gasteiger charge is -2.07. The van der Waals surface area contributed by atoms with Gasteiger partial charge in [-0.15, -0.1) is 11.8 Å². The van der Waals surface area contributed by atoms with E-state index in [1.165, 1.54) is 22.3 Å². The Balaban J connectivity index is 1.59. The smallest absolute Gasteiger partial charge is 0.162 e. The van der Waals surface area contributed by atoms with E-state index in [4.69, 9.17) is 0 Å². The van der Waals surface area contributed by atoms with Crippen LogP contribution in [0.5, 0.6) is 0 Å². The molecule has 0 saturated heterocycles. The van der Waals surface area contributed by atoms with Crippen molar-refractivity contribution in [3.8, 4) is 0 Å². The van der Waals surface area contributed by atoms with Crippen molar-refractivity contribution in [3.63, 3.8) is 0 Å². The number of hydrogen-bond acceptors (Lipinski definition) is 4. The lowest BCUT2D eigenvalue weighted by molar-refractivity contribution is 0.703. The van der Waals surface area contributed by atoms with E-state index in [0.717, 1.165) is 21.8 Å². The first kappa shape index (κ1) is 16.8. The summed E-state index contributed by atoms with van der Waals surface area (Å²) in [6.07, 6.45) is 3.51. The molecule has 0 fully saturated rings. The number of thioether (sulfide) groups is 1. The molecule has 2 heterocycles. The average Bonchev–Trinajstić information content (AvgIpc) is 3.07. The summed E-state index contributed by atoms with van der Waals surface area (Å²) in [5, 5.41) is 6.53. The van der Waals surface area contributed by atoms with Gasteiger partial charge < -0.3 is 0 Å². The number of aromatic nitrogens is 4. The quantitative estimate of drug-likeness (QED) is 0.379. The molecule has 0 bridgehead atoms. The van der Waals surface area contributed by atoms with Crippen molar-refractivity contribution < 1.29 is 0 Å². The lowest BCUT2D eigenvalue weighted by atomic mass is 10.1. The summed E-state index contributed by atoms with van der Waals surface area (Å²) in [5.41, 5.74) is 6.04. The van der Waals surface area contributed by atoms with Gasteiger partial charge in [-0.1, -0.05) is 54.1 Å². The third-order valence-corrected chi connectivity index (χ3v) is 5.50. The first-order valence-electron chi connectivity index (χ1n) is 8.60. The summed E-state index contributed by atoms with van der Waals surface area (Å²) in [6.45, 7) is 5.00. The summed E-state index contributed by atoms with van der Waals surface area (Å²) in [5.74, 6) is 0.892. The minimum atomic E-state index is 0.711. The highest BCUT2D eigenvalue weighted by molar-refractivity contribution is 7.98. The highest BCUT2D eigenvalue weighted by atomic mass is 32.2. The fourth-order valence-corrected chi connectivity index (χ4v) is 3.98. The van der Waals surface area contributed by atoms with Crippen molar-refractivity contribution in [1.29, 1.82) is 0 Å². The van der Waals surface area contributed by atoms with Gasteiger partial charge in [-0.2, -0.15) is 5.10 Å². The van der Waals surface area contributed by atoms with E-state index in [2.05, 4.69) is 59.2 Å². The monoisotopic (exact) mass is 360 g/mol. The molecule has 0 atom stereocenters. The van der Waals surface area contributed by atoms with Gasteiger partial charge in [-0.3, -0.25) is 0 Å². The molecule has 0 aliphatic rings. The topological polar surface area (TPSA) is 43.6 Å². The Kier molecular flexibility index (Phi) is 4.71. The van der Waals surface area contributed by atoms with Crippen molar-refractivity contribution >= 4 is 22.8 Å². The van der Waals surface area contributed by atoms with Crippen molar-refractivity contribution in [2.45, 2.75) is 31.2 Å². The second-order valence-corrected chi connectivity index (χ2v) is 7.39. The second kappa shape index (κ2) is 7.30. The third kappa shape index (κ3) is 3.48. The largest absolute Gasteiger partial charge is 0.243 e. The van der Waals surface area contributed by atoms with Crippen LogP contribution in [0.4, 0.5) is 0 Å². The number of fused-ring (bicyclic) bond motifs is 1. The number of aryl methyl sites for hydroxylation is 2. The molecular formula is C21H20N4S. The van der Waals surface area contributed by atoms with Crippen LogP contribution in [-0.2, 0) is 12.3 Å². The molecule has 130 valence electrons. The molecule has 0 N–H and O–H groups in total. The first-order chi connectivity index (χ1) is 12.7. The zero-order valence-electron chi connectivity index (χ0n) is 14.9. The molecule has 0 spiro atoms. The normalized spacial score (nSPS) is 11.2. The van der Waals surface area contributed by atoms with E-state index in [-0.39, 0.29) is 0 Å². The van der Waals surface area contributed by atoms with Gasteiger partial charge in [0, 0.05) is 5.75 Å². The Morgan fingerprint density at radius 2 is 1.85 bits per heavy atom. The molecule has 2 aromatic carbocycles. The van der Waals surface area contributed by atoms with Crippen molar-refractivity contribution in [2.24, 2.45) is 0 Å². The second-order valence-electron chi connectivity index (χ2n) is 6.42. The predicted octanol–water partition coefficient (Wildman–Crippen LogP) is 4.78. The SMILES string of the molecule is Cc1ccc(C)c(CSc2ncnc3c2cnn3Cc2ccccc2)c1. The average molecular weight is 360 g/mol. The number of nitrogens with zero attached hydrogens (tertiary/aromatic N) is 4. The van der Waals surface area contributed by atoms with E-state index in [9.17, 15) is 0 Å². The summed E-state index contributed by atoms with van der Waals surface area (Å²) in [4.78, 5) is 8.95. The molecule has 0 saturated carbocycles. The summed E-state index contributed by atoms with van der Waals surface area (Å²) >= 11 is 1.74. The van der Waals surface area contributed by atoms with Crippen LogP contribution in [0.25, 0.3) is 11.0 Å². The molecule has 5 heteroatoms. The number of benzene rings is 2. The molecule has 2 aromatic heterocycles. The maximum absolute atomic E-state index is 4.54. The molecule has 0 unspecified atom stereocenters. The summed E-state index contributed by atoms with van der Waals surface area (Å²) in [6, 6.07) is 16.9. The van der Waals surface area contributed by atoms with Crippen molar-refractivity contribution in [2.75, 3.05) is 0 Å². The minimum Gasteiger partial charge on any atom is -0.243 e. The van der Waals surface area contributed by atoms with Crippen LogP contribution in [0.15, 0.2) is 66.1 Å².